The number of aliphatic carboxylic acids is 1. The Labute approximate surface area is 91.1 Å². The van der Waals surface area contributed by atoms with E-state index in [1.807, 2.05) is 0 Å². The predicted molar refractivity (Wildman–Crippen MR) is 53.2 cm³/mol. The Hall–Kier alpha value is -1.56. The zero-order valence-corrected chi connectivity index (χ0v) is 8.70. The normalized spacial score (nSPS) is 10.8. The van der Waals surface area contributed by atoms with Crippen molar-refractivity contribution in [2.45, 2.75) is 26.3 Å². The van der Waals surface area contributed by atoms with Crippen molar-refractivity contribution in [2.75, 3.05) is 0 Å². The first-order valence-electron chi connectivity index (χ1n) is 4.65. The summed E-state index contributed by atoms with van der Waals surface area (Å²) in [4.78, 5) is 14.2. The van der Waals surface area contributed by atoms with Crippen LogP contribution in [0.3, 0.4) is 0 Å². The van der Waals surface area contributed by atoms with Crippen LogP contribution in [0.4, 0.5) is 8.78 Å². The Morgan fingerprint density at radius 1 is 1.62 bits per heavy atom. The number of aromatic nitrogens is 1. The highest BCUT2D eigenvalue weighted by molar-refractivity contribution is 5.70. The first-order valence-corrected chi connectivity index (χ1v) is 4.65. The second-order valence-electron chi connectivity index (χ2n) is 3.37. The van der Waals surface area contributed by atoms with E-state index in [1.54, 1.807) is 6.92 Å². The van der Waals surface area contributed by atoms with Crippen molar-refractivity contribution < 1.29 is 18.7 Å². The Morgan fingerprint density at radius 3 is 2.69 bits per heavy atom. The van der Waals surface area contributed by atoms with Crippen molar-refractivity contribution in [2.24, 2.45) is 5.73 Å². The summed E-state index contributed by atoms with van der Waals surface area (Å²) in [7, 11) is 0. The standard InChI is InChI=1S/C10H12F2N2O2/c1-5-2-6(3-8(15)16)9(10(11)12)14-7(5)4-13/h2,10H,3-4,13H2,1H3,(H,15,16). The van der Waals surface area contributed by atoms with Crippen LogP contribution in [0.1, 0.15) is 28.9 Å². The van der Waals surface area contributed by atoms with Gasteiger partial charge in [0.1, 0.15) is 5.69 Å². The largest absolute Gasteiger partial charge is 0.481 e. The van der Waals surface area contributed by atoms with Crippen LogP contribution in [0.2, 0.25) is 0 Å². The third-order valence-corrected chi connectivity index (χ3v) is 2.17. The average Bonchev–Trinajstić information content (AvgIpc) is 2.16. The van der Waals surface area contributed by atoms with E-state index in [4.69, 9.17) is 10.8 Å². The monoisotopic (exact) mass is 230 g/mol. The Balaban J connectivity index is 3.24. The first kappa shape index (κ1) is 12.5. The number of aryl methyl sites for hydroxylation is 1. The van der Waals surface area contributed by atoms with E-state index in [9.17, 15) is 13.6 Å². The fourth-order valence-corrected chi connectivity index (χ4v) is 1.42. The van der Waals surface area contributed by atoms with Crippen molar-refractivity contribution in [3.05, 3.63) is 28.6 Å². The number of hydrogen-bond donors (Lipinski definition) is 2. The lowest BCUT2D eigenvalue weighted by Crippen LogP contribution is -2.11. The molecule has 0 aromatic carbocycles. The number of rotatable bonds is 4. The summed E-state index contributed by atoms with van der Waals surface area (Å²) in [5.41, 5.74) is 5.89. The molecular formula is C10H12F2N2O2. The molecule has 1 rings (SSSR count). The topological polar surface area (TPSA) is 76.2 Å². The lowest BCUT2D eigenvalue weighted by atomic mass is 10.1. The van der Waals surface area contributed by atoms with Crippen molar-refractivity contribution in [3.8, 4) is 0 Å². The zero-order chi connectivity index (χ0) is 12.3. The van der Waals surface area contributed by atoms with E-state index in [1.165, 1.54) is 6.07 Å². The third kappa shape index (κ3) is 2.73. The summed E-state index contributed by atoms with van der Waals surface area (Å²) < 4.78 is 25.3. The molecule has 0 saturated carbocycles. The molecule has 0 aliphatic carbocycles. The van der Waals surface area contributed by atoms with Gasteiger partial charge in [-0.1, -0.05) is 6.07 Å². The molecule has 1 aromatic rings. The van der Waals surface area contributed by atoms with Gasteiger partial charge in [-0.25, -0.2) is 13.8 Å². The Kier molecular flexibility index (Phi) is 3.89. The highest BCUT2D eigenvalue weighted by Gasteiger charge is 2.18. The fraction of sp³-hybridized carbons (Fsp3) is 0.400. The molecule has 1 aromatic heterocycles. The van der Waals surface area contributed by atoms with Crippen molar-refractivity contribution in [1.29, 1.82) is 0 Å². The lowest BCUT2D eigenvalue weighted by Gasteiger charge is -2.10. The maximum absolute atomic E-state index is 12.6. The smallest absolute Gasteiger partial charge is 0.307 e. The molecular weight excluding hydrogens is 218 g/mol. The van der Waals surface area contributed by atoms with E-state index in [2.05, 4.69) is 4.98 Å². The summed E-state index contributed by atoms with van der Waals surface area (Å²) in [6, 6.07) is 1.41. The molecule has 4 nitrogen and oxygen atoms in total. The third-order valence-electron chi connectivity index (χ3n) is 2.17. The molecule has 0 spiro atoms. The number of halogens is 2. The van der Waals surface area contributed by atoms with E-state index in [0.29, 0.717) is 11.3 Å². The van der Waals surface area contributed by atoms with Crippen LogP contribution in [0, 0.1) is 6.92 Å². The molecule has 1 heterocycles. The van der Waals surface area contributed by atoms with E-state index in [0.717, 1.165) is 0 Å². The minimum absolute atomic E-state index is 0.0391. The van der Waals surface area contributed by atoms with Crippen LogP contribution >= 0.6 is 0 Å². The summed E-state index contributed by atoms with van der Waals surface area (Å²) in [6.07, 6.45) is -3.25. The highest BCUT2D eigenvalue weighted by atomic mass is 19.3. The number of carboxylic acid groups (broad SMARTS) is 1. The van der Waals surface area contributed by atoms with Crippen LogP contribution < -0.4 is 5.73 Å². The maximum atomic E-state index is 12.6. The maximum Gasteiger partial charge on any atom is 0.307 e. The highest BCUT2D eigenvalue weighted by Crippen LogP contribution is 2.23. The number of hydrogen-bond acceptors (Lipinski definition) is 3. The first-order chi connectivity index (χ1) is 7.45. The number of nitrogens with zero attached hydrogens (tertiary/aromatic N) is 1. The number of alkyl halides is 2. The Morgan fingerprint density at radius 2 is 2.25 bits per heavy atom. The van der Waals surface area contributed by atoms with Gasteiger partial charge >= 0.3 is 5.97 Å². The van der Waals surface area contributed by atoms with Gasteiger partial charge in [0, 0.05) is 6.54 Å². The van der Waals surface area contributed by atoms with Gasteiger partial charge in [-0.05, 0) is 18.1 Å². The molecule has 0 unspecified atom stereocenters. The van der Waals surface area contributed by atoms with Gasteiger partial charge in [0.15, 0.2) is 0 Å². The van der Waals surface area contributed by atoms with Crippen molar-refractivity contribution in [1.82, 2.24) is 4.98 Å². The molecule has 0 saturated heterocycles. The molecule has 6 heteroatoms. The molecule has 0 bridgehead atoms. The van der Waals surface area contributed by atoms with Crippen LogP contribution in [-0.2, 0) is 17.8 Å². The van der Waals surface area contributed by atoms with Gasteiger partial charge in [0.25, 0.3) is 6.43 Å². The van der Waals surface area contributed by atoms with Gasteiger partial charge in [0.2, 0.25) is 0 Å². The molecule has 0 aliphatic rings. The predicted octanol–water partition coefficient (Wildman–Crippen LogP) is 1.41. The Bertz CT molecular complexity index is 408. The average molecular weight is 230 g/mol. The molecule has 0 fully saturated rings. The molecule has 3 N–H and O–H groups in total. The van der Waals surface area contributed by atoms with Crippen LogP contribution in [-0.4, -0.2) is 16.1 Å². The molecule has 0 aliphatic heterocycles. The molecule has 0 atom stereocenters. The van der Waals surface area contributed by atoms with Crippen molar-refractivity contribution in [3.63, 3.8) is 0 Å². The lowest BCUT2D eigenvalue weighted by molar-refractivity contribution is -0.136. The second-order valence-corrected chi connectivity index (χ2v) is 3.37. The van der Waals surface area contributed by atoms with Crippen molar-refractivity contribution >= 4 is 5.97 Å². The number of carboxylic acids is 1. The summed E-state index contributed by atoms with van der Waals surface area (Å²) in [5.74, 6) is -1.16. The number of nitrogens with two attached hydrogens (primary N) is 1. The number of pyridine rings is 1. The van der Waals surface area contributed by atoms with Crippen LogP contribution in [0.25, 0.3) is 0 Å². The van der Waals surface area contributed by atoms with Gasteiger partial charge in [-0.2, -0.15) is 0 Å². The second kappa shape index (κ2) is 4.98. The van der Waals surface area contributed by atoms with Crippen LogP contribution in [0.15, 0.2) is 6.07 Å². The van der Waals surface area contributed by atoms with E-state index < -0.39 is 24.5 Å². The number of carbonyl (C=O) groups is 1. The summed E-state index contributed by atoms with van der Waals surface area (Å²) >= 11 is 0. The fourth-order valence-electron chi connectivity index (χ4n) is 1.42. The van der Waals surface area contributed by atoms with Gasteiger partial charge in [-0.3, -0.25) is 4.79 Å². The minimum Gasteiger partial charge on any atom is -0.481 e. The molecule has 88 valence electrons. The van der Waals surface area contributed by atoms with E-state index in [-0.39, 0.29) is 12.1 Å². The zero-order valence-electron chi connectivity index (χ0n) is 8.70. The van der Waals surface area contributed by atoms with Gasteiger partial charge in [-0.15, -0.1) is 0 Å². The minimum atomic E-state index is -2.79. The van der Waals surface area contributed by atoms with E-state index >= 15 is 0 Å². The summed E-state index contributed by atoms with van der Waals surface area (Å²) in [5, 5.41) is 8.59. The SMILES string of the molecule is Cc1cc(CC(=O)O)c(C(F)F)nc1CN. The molecule has 0 radical (unpaired) electrons. The quantitative estimate of drug-likeness (QED) is 0.820. The summed E-state index contributed by atoms with van der Waals surface area (Å²) in [6.45, 7) is 1.72. The van der Waals surface area contributed by atoms with Gasteiger partial charge in [0.05, 0.1) is 12.1 Å². The molecule has 16 heavy (non-hydrogen) atoms. The molecule has 0 amide bonds. The van der Waals surface area contributed by atoms with Crippen LogP contribution in [0.5, 0.6) is 0 Å². The van der Waals surface area contributed by atoms with Gasteiger partial charge < -0.3 is 10.8 Å².